The number of alkyl carbamates (subject to hydrolysis) is 1. The fourth-order valence-electron chi connectivity index (χ4n) is 7.30. The first-order chi connectivity index (χ1) is 34.1. The minimum absolute atomic E-state index is 0.0222. The molecule has 0 radical (unpaired) electrons. The zero-order valence-corrected chi connectivity index (χ0v) is 41.7. The van der Waals surface area contributed by atoms with Crippen LogP contribution in [0.1, 0.15) is 51.6 Å². The molecule has 0 saturated carbocycles. The lowest BCUT2D eigenvalue weighted by atomic mass is 10.1. The van der Waals surface area contributed by atoms with Gasteiger partial charge in [-0.3, -0.25) is 22.7 Å². The molecule has 3 saturated heterocycles. The summed E-state index contributed by atoms with van der Waals surface area (Å²) in [6, 6.07) is 5.97. The number of carbonyl (C=O) groups is 2. The maximum atomic E-state index is 14.2. The third-order valence-electron chi connectivity index (χ3n) is 10.5. The van der Waals surface area contributed by atoms with Gasteiger partial charge >= 0.3 is 33.4 Å². The number of esters is 1. The molecule has 3 aromatic heterocycles. The number of fused-ring (bicyclic) bond motifs is 1. The van der Waals surface area contributed by atoms with Crippen molar-refractivity contribution >= 4 is 77.8 Å². The quantitative estimate of drug-likeness (QED) is 0.0157. The van der Waals surface area contributed by atoms with E-state index in [-0.39, 0.29) is 46.5 Å². The number of aliphatic hydroxyl groups is 1. The molecule has 72 heavy (non-hydrogen) atoms. The molecular formula is C38H50N12O18P2S2. The number of nitrogens with two attached hydrogens (primary N) is 2. The van der Waals surface area contributed by atoms with Crippen LogP contribution in [0.2, 0.25) is 0 Å². The number of azide groups is 1. The molecule has 6 heterocycles. The normalized spacial score (nSPS) is 25.7. The Bertz CT molecular complexity index is 2760. The first kappa shape index (κ1) is 54.8. The lowest BCUT2D eigenvalue weighted by Crippen LogP contribution is -2.48. The minimum Gasteiger partial charge on any atom is -0.455 e. The lowest BCUT2D eigenvalue weighted by molar-refractivity contribution is -0.181. The molecule has 3 fully saturated rings. The highest BCUT2D eigenvalue weighted by Crippen LogP contribution is 2.51. The number of imidazole rings is 1. The molecule has 7 rings (SSSR count). The summed E-state index contributed by atoms with van der Waals surface area (Å²) in [5.74, 6) is -1.36. The van der Waals surface area contributed by atoms with E-state index in [1.54, 1.807) is 12.1 Å². The SMILES string of the molecule is CC(C)(C)SSCC(NC(=O)OCc1ccc(N=[N+]=[N-])cc1)C(=O)O[C@H]1[C@@H](O)[C@H](n2cnc3c(N)ncnc32)O[C@@H]1COP(=O)(O)O[C@H]1[C@@H](O[C@@H]2CCCO2)[C@H](n2ccc(N)nc2=O)O[C@@H]1COP(=O)(O)O. The number of hydrogen-bond acceptors (Lipinski definition) is 24. The molecule has 392 valence electrons. The molecule has 3 aliphatic rings. The fourth-order valence-corrected chi connectivity index (χ4v) is 11.1. The van der Waals surface area contributed by atoms with Crippen molar-refractivity contribution in [3.63, 3.8) is 0 Å². The van der Waals surface area contributed by atoms with Gasteiger partial charge in [-0.2, -0.15) is 4.98 Å². The molecule has 0 bridgehead atoms. The monoisotopic (exact) mass is 1090 g/mol. The Morgan fingerprint density at radius 3 is 2.42 bits per heavy atom. The van der Waals surface area contributed by atoms with E-state index in [0.29, 0.717) is 24.1 Å². The summed E-state index contributed by atoms with van der Waals surface area (Å²) in [6.07, 6.45) is -10.8. The van der Waals surface area contributed by atoms with Crippen molar-refractivity contribution in [2.45, 2.75) is 106 Å². The van der Waals surface area contributed by atoms with Crippen molar-refractivity contribution in [1.29, 1.82) is 0 Å². The van der Waals surface area contributed by atoms with Gasteiger partial charge in [-0.15, -0.1) is 0 Å². The highest BCUT2D eigenvalue weighted by molar-refractivity contribution is 8.77. The highest BCUT2D eigenvalue weighted by atomic mass is 33.1. The number of ether oxygens (including phenoxy) is 6. The molecule has 9 N–H and O–H groups in total. The molecule has 34 heteroatoms. The number of phosphoric ester groups is 2. The molecule has 2 unspecified atom stereocenters. The summed E-state index contributed by atoms with van der Waals surface area (Å²) < 4.78 is 78.7. The Hall–Kier alpha value is -4.98. The van der Waals surface area contributed by atoms with Gasteiger partial charge < -0.3 is 65.0 Å². The molecular weight excluding hydrogens is 1040 g/mol. The zero-order valence-electron chi connectivity index (χ0n) is 38.2. The zero-order chi connectivity index (χ0) is 52.0. The van der Waals surface area contributed by atoms with Gasteiger partial charge in [0.25, 0.3) is 0 Å². The average molecular weight is 1090 g/mol. The van der Waals surface area contributed by atoms with E-state index >= 15 is 0 Å². The number of rotatable bonds is 21. The molecule has 1 amide bonds. The van der Waals surface area contributed by atoms with Gasteiger partial charge in [0.2, 0.25) is 0 Å². The van der Waals surface area contributed by atoms with E-state index in [1.807, 2.05) is 20.8 Å². The summed E-state index contributed by atoms with van der Waals surface area (Å²) in [5, 5.41) is 17.9. The standard InChI is InChI=1S/C38H50N12O18P2S2/c1-38(2,3)72-71-16-21(45-37(54)61-13-19-6-8-20(9-7-19)47-48-41)35(52)67-28-22(64-33(27(28)51)50-18-44-26-31(40)42-17-43-32(26)50)15-63-70(58,59)68-29-23(14-62-69(55,56)57)65-34(30(29)66-25-5-4-12-60-25)49-11-10-24(39)46-36(49)53/h6-11,17-18,21-23,25,27-30,33-34,51H,4-5,12-16H2,1-3H3,(H,45,54)(H,58,59)(H2,39,46,53)(H2,40,42,43)(H2,55,56,57)/t21?,22-,23-,25-,27-,28-,29-,30-,33-,34-/m1/s1. The van der Waals surface area contributed by atoms with E-state index in [1.165, 1.54) is 56.9 Å². The molecule has 1 aromatic carbocycles. The van der Waals surface area contributed by atoms with E-state index < -0.39 is 108 Å². The van der Waals surface area contributed by atoms with Crippen LogP contribution >= 0.6 is 37.2 Å². The average Bonchev–Trinajstić information content (AvgIpc) is 4.11. The lowest BCUT2D eigenvalue weighted by Gasteiger charge is -2.29. The predicted octanol–water partition coefficient (Wildman–Crippen LogP) is 2.87. The van der Waals surface area contributed by atoms with E-state index in [0.717, 1.165) is 10.9 Å². The first-order valence-corrected chi connectivity index (χ1v) is 26.9. The van der Waals surface area contributed by atoms with Gasteiger partial charge in [-0.25, -0.2) is 38.5 Å². The number of aliphatic hydroxyl groups excluding tert-OH is 1. The Morgan fingerprint density at radius 2 is 1.74 bits per heavy atom. The second kappa shape index (κ2) is 23.5. The summed E-state index contributed by atoms with van der Waals surface area (Å²) in [5.41, 5.74) is 20.5. The van der Waals surface area contributed by atoms with Crippen molar-refractivity contribution in [3.05, 3.63) is 75.7 Å². The number of amides is 1. The number of anilines is 2. The molecule has 3 aliphatic heterocycles. The van der Waals surface area contributed by atoms with Crippen molar-refractivity contribution in [1.82, 2.24) is 34.4 Å². The van der Waals surface area contributed by atoms with Gasteiger partial charge in [0.15, 0.2) is 36.3 Å². The van der Waals surface area contributed by atoms with Crippen LogP contribution < -0.4 is 22.5 Å². The Balaban J connectivity index is 1.14. The van der Waals surface area contributed by atoms with Crippen LogP contribution in [0.25, 0.3) is 21.6 Å². The number of benzene rings is 1. The third-order valence-corrected chi connectivity index (χ3v) is 15.3. The van der Waals surface area contributed by atoms with Crippen LogP contribution in [0.15, 0.2) is 59.1 Å². The number of nitrogens with zero attached hydrogens (tertiary/aromatic N) is 9. The Morgan fingerprint density at radius 1 is 1.01 bits per heavy atom. The largest absolute Gasteiger partial charge is 0.472 e. The third kappa shape index (κ3) is 14.4. The summed E-state index contributed by atoms with van der Waals surface area (Å²) in [6.45, 7) is 3.85. The van der Waals surface area contributed by atoms with Gasteiger partial charge in [0.1, 0.15) is 60.8 Å². The molecule has 0 aliphatic carbocycles. The second-order valence-corrected chi connectivity index (χ2v) is 22.7. The smallest absolute Gasteiger partial charge is 0.455 e. The summed E-state index contributed by atoms with van der Waals surface area (Å²) >= 11 is 0. The summed E-state index contributed by atoms with van der Waals surface area (Å²) in [4.78, 5) is 89.7. The van der Waals surface area contributed by atoms with E-state index in [2.05, 4.69) is 35.3 Å². The number of nitrogen functional groups attached to an aromatic ring is 2. The van der Waals surface area contributed by atoms with Crippen LogP contribution in [0.4, 0.5) is 22.1 Å². The second-order valence-electron chi connectivity index (χ2n) is 16.9. The number of hydrogen-bond donors (Lipinski definition) is 7. The topological polar surface area (TPSA) is 424 Å². The van der Waals surface area contributed by atoms with Crippen molar-refractivity contribution < 1.29 is 80.5 Å². The van der Waals surface area contributed by atoms with Crippen molar-refractivity contribution in [3.8, 4) is 0 Å². The van der Waals surface area contributed by atoms with Gasteiger partial charge in [-0.05, 0) is 23.6 Å². The maximum absolute atomic E-state index is 14.2. The number of phosphoric acid groups is 2. The van der Waals surface area contributed by atoms with Crippen LogP contribution in [-0.4, -0.2) is 140 Å². The Kier molecular flexibility index (Phi) is 17.9. The van der Waals surface area contributed by atoms with Crippen LogP contribution in [0.3, 0.4) is 0 Å². The number of nitrogens with one attached hydrogen (secondary N) is 1. The number of aromatic nitrogens is 6. The number of carbonyl (C=O) groups excluding carboxylic acids is 2. The molecule has 4 aromatic rings. The van der Waals surface area contributed by atoms with Crippen LogP contribution in [0.5, 0.6) is 0 Å². The van der Waals surface area contributed by atoms with Gasteiger partial charge in [0.05, 0.1) is 19.5 Å². The minimum atomic E-state index is -5.46. The predicted molar refractivity (Wildman–Crippen MR) is 251 cm³/mol. The van der Waals surface area contributed by atoms with Crippen molar-refractivity contribution in [2.24, 2.45) is 5.11 Å². The maximum Gasteiger partial charge on any atom is 0.472 e. The van der Waals surface area contributed by atoms with Gasteiger partial charge in [0, 0.05) is 40.3 Å². The van der Waals surface area contributed by atoms with E-state index in [4.69, 9.17) is 59.0 Å². The molecule has 11 atom stereocenters. The van der Waals surface area contributed by atoms with Crippen LogP contribution in [0, 0.1) is 0 Å². The molecule has 0 spiro atoms. The Labute approximate surface area is 415 Å². The first-order valence-electron chi connectivity index (χ1n) is 21.6. The van der Waals surface area contributed by atoms with Gasteiger partial charge in [-0.1, -0.05) is 71.7 Å². The fraction of sp³-hybridized carbons (Fsp3) is 0.553. The summed E-state index contributed by atoms with van der Waals surface area (Å²) in [7, 11) is -8.06. The molecule has 30 nitrogen and oxygen atoms in total. The highest BCUT2D eigenvalue weighted by Gasteiger charge is 2.54. The van der Waals surface area contributed by atoms with Crippen LogP contribution in [-0.2, 0) is 62.5 Å². The van der Waals surface area contributed by atoms with E-state index in [9.17, 15) is 43.3 Å². The van der Waals surface area contributed by atoms with Crippen molar-refractivity contribution in [2.75, 3.05) is 37.0 Å².